The second-order valence-electron chi connectivity index (χ2n) is 2.30. The molecule has 0 fully saturated rings. The Labute approximate surface area is 66.6 Å². The van der Waals surface area contributed by atoms with Gasteiger partial charge >= 0.3 is 0 Å². The van der Waals surface area contributed by atoms with Gasteiger partial charge in [0.2, 0.25) is 5.43 Å². The molecule has 0 aliphatic carbocycles. The lowest BCUT2D eigenvalue weighted by molar-refractivity contribution is 1.10. The van der Waals surface area contributed by atoms with Gasteiger partial charge in [-0.25, -0.2) is 0 Å². The standard InChI is InChI=1S/C7H4N4O/c8-1-4-2-9-7-5(6(4)12)3-10-11-7/h2-3H,(H2,9,10,11,12). The van der Waals surface area contributed by atoms with Crippen LogP contribution in [0.5, 0.6) is 0 Å². The molecule has 2 aromatic rings. The van der Waals surface area contributed by atoms with E-state index < -0.39 is 0 Å². The summed E-state index contributed by atoms with van der Waals surface area (Å²) in [6, 6.07) is 1.79. The molecule has 2 rings (SSSR count). The zero-order chi connectivity index (χ0) is 8.55. The molecule has 0 saturated carbocycles. The number of aromatic nitrogens is 3. The Bertz CT molecular complexity index is 516. The molecule has 2 N–H and O–H groups in total. The van der Waals surface area contributed by atoms with Crippen LogP contribution in [0, 0.1) is 11.3 Å². The van der Waals surface area contributed by atoms with Gasteiger partial charge in [0.25, 0.3) is 0 Å². The number of hydrogen-bond donors (Lipinski definition) is 2. The number of pyridine rings is 1. The van der Waals surface area contributed by atoms with E-state index in [9.17, 15) is 4.79 Å². The lowest BCUT2D eigenvalue weighted by Crippen LogP contribution is -2.05. The molecule has 0 radical (unpaired) electrons. The van der Waals surface area contributed by atoms with Crippen LogP contribution in [-0.4, -0.2) is 15.2 Å². The molecule has 0 unspecified atom stereocenters. The maximum absolute atomic E-state index is 11.3. The number of nitrogens with zero attached hydrogens (tertiary/aromatic N) is 2. The van der Waals surface area contributed by atoms with Crippen LogP contribution < -0.4 is 5.43 Å². The normalized spacial score (nSPS) is 9.92. The average molecular weight is 160 g/mol. The van der Waals surface area contributed by atoms with Crippen LogP contribution in [0.4, 0.5) is 0 Å². The molecule has 5 heteroatoms. The number of H-pyrrole nitrogens is 2. The lowest BCUT2D eigenvalue weighted by atomic mass is 10.2. The highest BCUT2D eigenvalue weighted by molar-refractivity contribution is 5.74. The Balaban J connectivity index is 3.00. The quantitative estimate of drug-likeness (QED) is 0.574. The van der Waals surface area contributed by atoms with Crippen molar-refractivity contribution in [1.29, 1.82) is 5.26 Å². The van der Waals surface area contributed by atoms with Crippen LogP contribution in [0.1, 0.15) is 5.56 Å². The van der Waals surface area contributed by atoms with Crippen LogP contribution in [0.25, 0.3) is 11.0 Å². The van der Waals surface area contributed by atoms with Crippen LogP contribution in [-0.2, 0) is 0 Å². The highest BCUT2D eigenvalue weighted by atomic mass is 16.1. The van der Waals surface area contributed by atoms with Gasteiger partial charge < -0.3 is 4.98 Å². The van der Waals surface area contributed by atoms with E-state index in [0.717, 1.165) is 0 Å². The predicted molar refractivity (Wildman–Crippen MR) is 41.4 cm³/mol. The third kappa shape index (κ3) is 0.720. The highest BCUT2D eigenvalue weighted by Crippen LogP contribution is 2.01. The van der Waals surface area contributed by atoms with Crippen LogP contribution in [0.3, 0.4) is 0 Å². The van der Waals surface area contributed by atoms with Gasteiger partial charge in [0.1, 0.15) is 17.3 Å². The van der Waals surface area contributed by atoms with E-state index in [-0.39, 0.29) is 11.0 Å². The Kier molecular flexibility index (Phi) is 1.21. The Hall–Kier alpha value is -2.09. The van der Waals surface area contributed by atoms with E-state index in [1.54, 1.807) is 6.07 Å². The minimum Gasteiger partial charge on any atom is -0.345 e. The van der Waals surface area contributed by atoms with E-state index in [1.165, 1.54) is 12.4 Å². The van der Waals surface area contributed by atoms with Crippen molar-refractivity contribution in [3.05, 3.63) is 28.2 Å². The molecule has 0 aromatic carbocycles. The van der Waals surface area contributed by atoms with Crippen LogP contribution >= 0.6 is 0 Å². The summed E-state index contributed by atoms with van der Waals surface area (Å²) in [5.74, 6) is 0. The van der Waals surface area contributed by atoms with E-state index in [2.05, 4.69) is 15.2 Å². The predicted octanol–water partition coefficient (Wildman–Crippen LogP) is 0.123. The summed E-state index contributed by atoms with van der Waals surface area (Å²) in [5, 5.41) is 15.2. The molecule has 0 aliphatic rings. The molecule has 0 spiro atoms. The Morgan fingerprint density at radius 1 is 1.58 bits per heavy atom. The SMILES string of the molecule is N#Cc1c[nH]c2[nH]ncc2c1=O. The first-order chi connectivity index (χ1) is 5.83. The maximum atomic E-state index is 11.3. The molecular weight excluding hydrogens is 156 g/mol. The molecule has 0 atom stereocenters. The summed E-state index contributed by atoms with van der Waals surface area (Å²) in [6.45, 7) is 0. The minimum atomic E-state index is -0.292. The van der Waals surface area contributed by atoms with Crippen molar-refractivity contribution in [2.75, 3.05) is 0 Å². The van der Waals surface area contributed by atoms with E-state index in [4.69, 9.17) is 5.26 Å². The molecule has 0 amide bonds. The number of nitrogens with one attached hydrogen (secondary N) is 2. The molecule has 0 aliphatic heterocycles. The summed E-state index contributed by atoms with van der Waals surface area (Å²) in [5.41, 5.74) is 0.350. The average Bonchev–Trinajstić information content (AvgIpc) is 2.53. The third-order valence-electron chi connectivity index (χ3n) is 1.61. The summed E-state index contributed by atoms with van der Waals surface area (Å²) >= 11 is 0. The molecule has 5 nitrogen and oxygen atoms in total. The molecule has 12 heavy (non-hydrogen) atoms. The fraction of sp³-hybridized carbons (Fsp3) is 0. The van der Waals surface area contributed by atoms with E-state index >= 15 is 0 Å². The first kappa shape index (κ1) is 6.61. The summed E-state index contributed by atoms with van der Waals surface area (Å²) in [7, 11) is 0. The lowest BCUT2D eigenvalue weighted by Gasteiger charge is -1.88. The number of nitriles is 1. The van der Waals surface area contributed by atoms with Crippen molar-refractivity contribution in [1.82, 2.24) is 15.2 Å². The van der Waals surface area contributed by atoms with Crippen molar-refractivity contribution in [3.8, 4) is 6.07 Å². The van der Waals surface area contributed by atoms with Crippen molar-refractivity contribution < 1.29 is 0 Å². The van der Waals surface area contributed by atoms with E-state index in [0.29, 0.717) is 11.0 Å². The zero-order valence-electron chi connectivity index (χ0n) is 5.96. The van der Waals surface area contributed by atoms with Gasteiger partial charge in [0.05, 0.1) is 11.6 Å². The third-order valence-corrected chi connectivity index (χ3v) is 1.61. The van der Waals surface area contributed by atoms with Gasteiger partial charge in [0, 0.05) is 6.20 Å². The number of aromatic amines is 2. The first-order valence-corrected chi connectivity index (χ1v) is 3.28. The summed E-state index contributed by atoms with van der Waals surface area (Å²) in [4.78, 5) is 14.1. The number of fused-ring (bicyclic) bond motifs is 1. The summed E-state index contributed by atoms with van der Waals surface area (Å²) in [6.07, 6.45) is 2.76. The van der Waals surface area contributed by atoms with Gasteiger partial charge in [0.15, 0.2) is 0 Å². The van der Waals surface area contributed by atoms with Gasteiger partial charge in [-0.15, -0.1) is 0 Å². The smallest absolute Gasteiger partial charge is 0.210 e. The van der Waals surface area contributed by atoms with Gasteiger partial charge in [-0.2, -0.15) is 10.4 Å². The van der Waals surface area contributed by atoms with Crippen molar-refractivity contribution in [2.24, 2.45) is 0 Å². The van der Waals surface area contributed by atoms with Crippen LogP contribution in [0.15, 0.2) is 17.2 Å². The molecule has 58 valence electrons. The highest BCUT2D eigenvalue weighted by Gasteiger charge is 2.04. The fourth-order valence-corrected chi connectivity index (χ4v) is 1.01. The van der Waals surface area contributed by atoms with Gasteiger partial charge in [-0.3, -0.25) is 9.89 Å². The second-order valence-corrected chi connectivity index (χ2v) is 2.30. The van der Waals surface area contributed by atoms with Crippen LogP contribution in [0.2, 0.25) is 0 Å². The van der Waals surface area contributed by atoms with Gasteiger partial charge in [-0.05, 0) is 0 Å². The maximum Gasteiger partial charge on any atom is 0.210 e. The first-order valence-electron chi connectivity index (χ1n) is 3.28. The van der Waals surface area contributed by atoms with E-state index in [1.807, 2.05) is 0 Å². The molecule has 2 heterocycles. The largest absolute Gasteiger partial charge is 0.345 e. The zero-order valence-corrected chi connectivity index (χ0v) is 5.96. The molecule has 0 saturated heterocycles. The molecule has 2 aromatic heterocycles. The number of hydrogen-bond acceptors (Lipinski definition) is 3. The van der Waals surface area contributed by atoms with Gasteiger partial charge in [-0.1, -0.05) is 0 Å². The second kappa shape index (κ2) is 2.20. The van der Waals surface area contributed by atoms with Crippen molar-refractivity contribution in [3.63, 3.8) is 0 Å². The summed E-state index contributed by atoms with van der Waals surface area (Å²) < 4.78 is 0. The minimum absolute atomic E-state index is 0.101. The molecular formula is C7H4N4O. The van der Waals surface area contributed by atoms with Crippen molar-refractivity contribution in [2.45, 2.75) is 0 Å². The molecule has 0 bridgehead atoms. The van der Waals surface area contributed by atoms with Crippen molar-refractivity contribution >= 4 is 11.0 Å². The fourth-order valence-electron chi connectivity index (χ4n) is 1.01. The Morgan fingerprint density at radius 3 is 3.17 bits per heavy atom. The number of rotatable bonds is 0. The Morgan fingerprint density at radius 2 is 2.42 bits per heavy atom. The monoisotopic (exact) mass is 160 g/mol. The topological polar surface area (TPSA) is 85.3 Å².